The van der Waals surface area contributed by atoms with E-state index in [4.69, 9.17) is 4.74 Å². The highest BCUT2D eigenvalue weighted by molar-refractivity contribution is 5.95. The monoisotopic (exact) mass is 460 g/mol. The van der Waals surface area contributed by atoms with Crippen molar-refractivity contribution >= 4 is 17.7 Å². The predicted molar refractivity (Wildman–Crippen MR) is 116 cm³/mol. The van der Waals surface area contributed by atoms with Crippen LogP contribution >= 0.6 is 0 Å². The summed E-state index contributed by atoms with van der Waals surface area (Å²) in [6.07, 6.45) is -3.85. The molecule has 2 N–H and O–H groups in total. The second-order valence-electron chi connectivity index (χ2n) is 8.20. The summed E-state index contributed by atoms with van der Waals surface area (Å²) in [5.41, 5.74) is 0.534. The Bertz CT molecular complexity index is 1120. The molecule has 10 heteroatoms. The van der Waals surface area contributed by atoms with Gasteiger partial charge in [-0.1, -0.05) is 12.1 Å². The van der Waals surface area contributed by atoms with Crippen LogP contribution in [0.2, 0.25) is 0 Å². The molecule has 0 spiro atoms. The maximum atomic E-state index is 12.7. The fraction of sp³-hybridized carbons (Fsp3) is 0.261. The molecule has 0 saturated carbocycles. The first-order chi connectivity index (χ1) is 15.4. The Kier molecular flexibility index (Phi) is 6.75. The highest BCUT2D eigenvalue weighted by Crippen LogP contribution is 2.27. The molecule has 0 fully saturated rings. The minimum Gasteiger partial charge on any atom is -0.444 e. The van der Waals surface area contributed by atoms with Gasteiger partial charge in [0.05, 0.1) is 5.69 Å². The molecular formula is C23H23F3N4O3. The number of alkyl halides is 3. The fourth-order valence-corrected chi connectivity index (χ4v) is 2.80. The standard InChI is InChI=1S/C23H23F3N4O3/c1-22(2,3)33-21(32)28-17-8-6-16(7-9-17)20(31)27-14-15-4-10-18(11-5-15)30-13-12-19(29-30)23(24,25)26/h4-13H,14H2,1-3H3,(H,27,31)(H,28,32). The van der Waals surface area contributed by atoms with Crippen LogP contribution in [0.25, 0.3) is 5.69 Å². The van der Waals surface area contributed by atoms with Crippen LogP contribution in [-0.2, 0) is 17.5 Å². The van der Waals surface area contributed by atoms with Crippen LogP contribution in [0.15, 0.2) is 60.8 Å². The van der Waals surface area contributed by atoms with E-state index in [1.54, 1.807) is 69.3 Å². The molecule has 0 atom stereocenters. The van der Waals surface area contributed by atoms with Gasteiger partial charge in [-0.2, -0.15) is 18.3 Å². The molecule has 3 rings (SSSR count). The summed E-state index contributed by atoms with van der Waals surface area (Å²) in [4.78, 5) is 24.2. The zero-order valence-corrected chi connectivity index (χ0v) is 18.2. The van der Waals surface area contributed by atoms with Gasteiger partial charge in [-0.25, -0.2) is 9.48 Å². The Morgan fingerprint density at radius 1 is 0.970 bits per heavy atom. The van der Waals surface area contributed by atoms with Gasteiger partial charge in [-0.3, -0.25) is 10.1 Å². The highest BCUT2D eigenvalue weighted by atomic mass is 19.4. The molecule has 0 aliphatic rings. The molecule has 1 aromatic heterocycles. The lowest BCUT2D eigenvalue weighted by molar-refractivity contribution is -0.141. The number of carbonyl (C=O) groups excluding carboxylic acids is 2. The van der Waals surface area contributed by atoms with Crippen LogP contribution in [0.5, 0.6) is 0 Å². The number of benzene rings is 2. The van der Waals surface area contributed by atoms with Gasteiger partial charge in [0, 0.05) is 24.0 Å². The van der Waals surface area contributed by atoms with E-state index >= 15 is 0 Å². The van der Waals surface area contributed by atoms with E-state index in [0.717, 1.165) is 16.3 Å². The van der Waals surface area contributed by atoms with Crippen molar-refractivity contribution < 1.29 is 27.5 Å². The van der Waals surface area contributed by atoms with Crippen molar-refractivity contribution in [2.75, 3.05) is 5.32 Å². The van der Waals surface area contributed by atoms with Crippen LogP contribution in [-0.4, -0.2) is 27.4 Å². The molecule has 0 unspecified atom stereocenters. The summed E-state index contributed by atoms with van der Waals surface area (Å²) in [5.74, 6) is -0.315. The lowest BCUT2D eigenvalue weighted by Gasteiger charge is -2.19. The summed E-state index contributed by atoms with van der Waals surface area (Å²) in [6.45, 7) is 5.50. The van der Waals surface area contributed by atoms with Gasteiger partial charge in [-0.15, -0.1) is 0 Å². The molecule has 174 valence electrons. The first-order valence-corrected chi connectivity index (χ1v) is 10.0. The Labute approximate surface area is 188 Å². The van der Waals surface area contributed by atoms with Crippen molar-refractivity contribution in [1.29, 1.82) is 0 Å². The molecule has 33 heavy (non-hydrogen) atoms. The van der Waals surface area contributed by atoms with E-state index in [9.17, 15) is 22.8 Å². The Balaban J connectivity index is 1.54. The number of carbonyl (C=O) groups is 2. The van der Waals surface area contributed by atoms with Gasteiger partial charge in [0.15, 0.2) is 5.69 Å². The number of amides is 2. The summed E-state index contributed by atoms with van der Waals surface area (Å²) in [7, 11) is 0. The van der Waals surface area contributed by atoms with Crippen molar-refractivity contribution in [2.45, 2.75) is 39.1 Å². The van der Waals surface area contributed by atoms with E-state index < -0.39 is 23.6 Å². The van der Waals surface area contributed by atoms with Gasteiger partial charge in [0.1, 0.15) is 5.60 Å². The van der Waals surface area contributed by atoms with E-state index in [1.165, 1.54) is 6.20 Å². The van der Waals surface area contributed by atoms with Gasteiger partial charge >= 0.3 is 12.3 Å². The minimum atomic E-state index is -4.50. The number of hydrogen-bond donors (Lipinski definition) is 2. The van der Waals surface area contributed by atoms with Crippen LogP contribution < -0.4 is 10.6 Å². The fourth-order valence-electron chi connectivity index (χ4n) is 2.80. The second-order valence-corrected chi connectivity index (χ2v) is 8.20. The zero-order chi connectivity index (χ0) is 24.2. The van der Waals surface area contributed by atoms with Crippen molar-refractivity contribution in [3.05, 3.63) is 77.6 Å². The van der Waals surface area contributed by atoms with Crippen molar-refractivity contribution in [2.24, 2.45) is 0 Å². The van der Waals surface area contributed by atoms with Crippen LogP contribution in [0.3, 0.4) is 0 Å². The number of nitrogens with one attached hydrogen (secondary N) is 2. The summed E-state index contributed by atoms with van der Waals surface area (Å²) < 4.78 is 44.4. The van der Waals surface area contributed by atoms with E-state index in [0.29, 0.717) is 16.9 Å². The summed E-state index contributed by atoms with van der Waals surface area (Å²) in [5, 5.41) is 8.88. The quantitative estimate of drug-likeness (QED) is 0.550. The lowest BCUT2D eigenvalue weighted by atomic mass is 10.1. The third kappa shape index (κ3) is 6.83. The van der Waals surface area contributed by atoms with Crippen LogP contribution in [0.4, 0.5) is 23.7 Å². The molecule has 0 radical (unpaired) electrons. The Morgan fingerprint density at radius 2 is 1.61 bits per heavy atom. The second kappa shape index (κ2) is 9.35. The first kappa shape index (κ1) is 23.8. The molecule has 0 bridgehead atoms. The SMILES string of the molecule is CC(C)(C)OC(=O)Nc1ccc(C(=O)NCc2ccc(-n3ccc(C(F)(F)F)n3)cc2)cc1. The van der Waals surface area contributed by atoms with Gasteiger partial charge < -0.3 is 10.1 Å². The molecular weight excluding hydrogens is 437 g/mol. The number of nitrogens with zero attached hydrogens (tertiary/aromatic N) is 2. The Hall–Kier alpha value is -3.82. The summed E-state index contributed by atoms with van der Waals surface area (Å²) >= 11 is 0. The molecule has 2 amide bonds. The average molecular weight is 460 g/mol. The lowest BCUT2D eigenvalue weighted by Crippen LogP contribution is -2.27. The van der Waals surface area contributed by atoms with Crippen LogP contribution in [0.1, 0.15) is 42.4 Å². The number of halogens is 3. The number of anilines is 1. The molecule has 2 aromatic carbocycles. The number of ether oxygens (including phenoxy) is 1. The first-order valence-electron chi connectivity index (χ1n) is 10.0. The molecule has 3 aromatic rings. The maximum Gasteiger partial charge on any atom is 0.435 e. The Morgan fingerprint density at radius 3 is 2.15 bits per heavy atom. The number of aromatic nitrogens is 2. The number of rotatable bonds is 5. The maximum absolute atomic E-state index is 12.7. The number of hydrogen-bond acceptors (Lipinski definition) is 4. The molecule has 1 heterocycles. The van der Waals surface area contributed by atoms with Gasteiger partial charge in [-0.05, 0) is 68.8 Å². The van der Waals surface area contributed by atoms with E-state index in [-0.39, 0.29) is 12.5 Å². The molecule has 0 aliphatic heterocycles. The smallest absolute Gasteiger partial charge is 0.435 e. The van der Waals surface area contributed by atoms with E-state index in [2.05, 4.69) is 15.7 Å². The normalized spacial score (nSPS) is 11.7. The van der Waals surface area contributed by atoms with Gasteiger partial charge in [0.2, 0.25) is 0 Å². The largest absolute Gasteiger partial charge is 0.444 e. The molecule has 0 aliphatic carbocycles. The third-order valence-corrected chi connectivity index (χ3v) is 4.33. The summed E-state index contributed by atoms with van der Waals surface area (Å²) in [6, 6.07) is 13.8. The predicted octanol–water partition coefficient (Wildman–Crippen LogP) is 5.17. The average Bonchev–Trinajstić information content (AvgIpc) is 3.22. The van der Waals surface area contributed by atoms with Crippen molar-refractivity contribution in [3.63, 3.8) is 0 Å². The topological polar surface area (TPSA) is 85.2 Å². The highest BCUT2D eigenvalue weighted by Gasteiger charge is 2.33. The molecule has 0 saturated heterocycles. The minimum absolute atomic E-state index is 0.226. The van der Waals surface area contributed by atoms with Crippen LogP contribution in [0, 0.1) is 0 Å². The van der Waals surface area contributed by atoms with Crippen molar-refractivity contribution in [3.8, 4) is 5.69 Å². The van der Waals surface area contributed by atoms with Gasteiger partial charge in [0.25, 0.3) is 5.91 Å². The van der Waals surface area contributed by atoms with E-state index in [1.807, 2.05) is 0 Å². The van der Waals surface area contributed by atoms with Crippen molar-refractivity contribution in [1.82, 2.24) is 15.1 Å². The molecule has 7 nitrogen and oxygen atoms in total. The zero-order valence-electron chi connectivity index (χ0n) is 18.2. The third-order valence-electron chi connectivity index (χ3n) is 4.33.